The molecule has 0 radical (unpaired) electrons. The summed E-state index contributed by atoms with van der Waals surface area (Å²) in [5, 5.41) is 23.5. The number of ether oxygens (including phenoxy) is 1. The first-order chi connectivity index (χ1) is 12.5. The van der Waals surface area contributed by atoms with Crippen molar-refractivity contribution in [3.05, 3.63) is 47.3 Å². The number of aromatic nitrogens is 2. The second-order valence-electron chi connectivity index (χ2n) is 7.23. The molecule has 0 saturated carbocycles. The molecule has 1 aromatic heterocycles. The Bertz CT molecular complexity index is 793. The minimum Gasteiger partial charge on any atom is -0.496 e. The highest BCUT2D eigenvalue weighted by Gasteiger charge is 2.34. The van der Waals surface area contributed by atoms with E-state index in [9.17, 15) is 5.11 Å². The Balaban J connectivity index is 1.78. The number of nitrogens with zero attached hydrogens (tertiary/aromatic N) is 4. The number of nitriles is 1. The summed E-state index contributed by atoms with van der Waals surface area (Å²) in [7, 11) is 1.65. The summed E-state index contributed by atoms with van der Waals surface area (Å²) in [6.45, 7) is 6.74. The van der Waals surface area contributed by atoms with E-state index in [2.05, 4.69) is 36.1 Å². The molecule has 138 valence electrons. The van der Waals surface area contributed by atoms with Crippen LogP contribution in [0.4, 0.5) is 0 Å². The molecule has 1 aliphatic rings. The van der Waals surface area contributed by atoms with E-state index in [4.69, 9.17) is 10.00 Å². The van der Waals surface area contributed by atoms with E-state index in [0.717, 1.165) is 24.4 Å². The van der Waals surface area contributed by atoms with Crippen LogP contribution < -0.4 is 4.74 Å². The molecule has 2 heterocycles. The molecule has 26 heavy (non-hydrogen) atoms. The molecule has 6 nitrogen and oxygen atoms in total. The fourth-order valence-electron chi connectivity index (χ4n) is 3.69. The van der Waals surface area contributed by atoms with Crippen molar-refractivity contribution in [1.29, 1.82) is 5.26 Å². The summed E-state index contributed by atoms with van der Waals surface area (Å²) in [6, 6.07) is 8.01. The molecule has 0 spiro atoms. The molecule has 3 rings (SSSR count). The molecule has 2 aromatic rings. The molecular formula is C20H26N4O2. The van der Waals surface area contributed by atoms with Crippen molar-refractivity contribution in [3.8, 4) is 11.8 Å². The Labute approximate surface area is 154 Å². The van der Waals surface area contributed by atoms with Crippen LogP contribution in [0.15, 0.2) is 30.6 Å². The molecule has 0 bridgehead atoms. The molecule has 1 saturated heterocycles. The van der Waals surface area contributed by atoms with E-state index in [1.165, 1.54) is 5.56 Å². The minimum absolute atomic E-state index is 0.156. The number of aliphatic hydroxyl groups is 1. The van der Waals surface area contributed by atoms with Crippen molar-refractivity contribution in [2.45, 2.75) is 32.4 Å². The minimum atomic E-state index is 0.156. The molecule has 2 atom stereocenters. The van der Waals surface area contributed by atoms with Gasteiger partial charge in [-0.05, 0) is 37.6 Å². The summed E-state index contributed by atoms with van der Waals surface area (Å²) in [4.78, 5) is 2.32. The van der Waals surface area contributed by atoms with Crippen LogP contribution in [-0.4, -0.2) is 46.6 Å². The highest BCUT2D eigenvalue weighted by molar-refractivity contribution is 5.42. The number of rotatable bonds is 6. The van der Waals surface area contributed by atoms with E-state index in [1.807, 2.05) is 23.0 Å². The van der Waals surface area contributed by atoms with E-state index in [0.29, 0.717) is 18.2 Å². The highest BCUT2D eigenvalue weighted by atomic mass is 16.5. The van der Waals surface area contributed by atoms with Crippen LogP contribution in [0.25, 0.3) is 0 Å². The van der Waals surface area contributed by atoms with E-state index >= 15 is 0 Å². The van der Waals surface area contributed by atoms with Crippen molar-refractivity contribution >= 4 is 0 Å². The number of aliphatic hydroxyl groups excluding tert-OH is 1. The Morgan fingerprint density at radius 1 is 1.38 bits per heavy atom. The molecule has 1 N–H and O–H groups in total. The molecule has 0 unspecified atom stereocenters. The number of hydrogen-bond donors (Lipinski definition) is 1. The first-order valence-electron chi connectivity index (χ1n) is 9.00. The summed E-state index contributed by atoms with van der Waals surface area (Å²) < 4.78 is 7.41. The lowest BCUT2D eigenvalue weighted by Gasteiger charge is -2.18. The lowest BCUT2D eigenvalue weighted by Crippen LogP contribution is -2.21. The third-order valence-corrected chi connectivity index (χ3v) is 5.13. The van der Waals surface area contributed by atoms with E-state index < -0.39 is 0 Å². The third kappa shape index (κ3) is 3.74. The van der Waals surface area contributed by atoms with Gasteiger partial charge in [-0.2, -0.15) is 10.4 Å². The Hall–Kier alpha value is -2.36. The van der Waals surface area contributed by atoms with Crippen molar-refractivity contribution in [2.24, 2.45) is 5.92 Å². The van der Waals surface area contributed by atoms with Crippen molar-refractivity contribution < 1.29 is 9.84 Å². The largest absolute Gasteiger partial charge is 0.496 e. The van der Waals surface area contributed by atoms with Gasteiger partial charge in [0.2, 0.25) is 0 Å². The van der Waals surface area contributed by atoms with Gasteiger partial charge in [0.25, 0.3) is 0 Å². The predicted molar refractivity (Wildman–Crippen MR) is 98.9 cm³/mol. The number of hydrogen-bond acceptors (Lipinski definition) is 5. The van der Waals surface area contributed by atoms with Gasteiger partial charge in [0.1, 0.15) is 5.75 Å². The van der Waals surface area contributed by atoms with Crippen LogP contribution in [0, 0.1) is 17.2 Å². The number of benzene rings is 1. The maximum absolute atomic E-state index is 9.86. The number of methoxy groups -OCH3 is 1. The fraction of sp³-hybridized carbons (Fsp3) is 0.500. The van der Waals surface area contributed by atoms with Crippen LogP contribution in [0.5, 0.6) is 5.75 Å². The smallest absolute Gasteiger partial charge is 0.123 e. The van der Waals surface area contributed by atoms with Crippen LogP contribution in [0.1, 0.15) is 42.5 Å². The number of likely N-dealkylation sites (tertiary alicyclic amines) is 1. The van der Waals surface area contributed by atoms with Gasteiger partial charge in [0.15, 0.2) is 0 Å². The zero-order chi connectivity index (χ0) is 18.7. The molecule has 1 fully saturated rings. The lowest BCUT2D eigenvalue weighted by molar-refractivity contribution is 0.213. The Kier molecular flexibility index (Phi) is 5.60. The third-order valence-electron chi connectivity index (χ3n) is 5.13. The summed E-state index contributed by atoms with van der Waals surface area (Å²) in [6.07, 6.45) is 4.02. The molecule has 6 heteroatoms. The first kappa shape index (κ1) is 18.4. The summed E-state index contributed by atoms with van der Waals surface area (Å²) in [5.41, 5.74) is 2.81. The van der Waals surface area contributed by atoms with Gasteiger partial charge < -0.3 is 9.84 Å². The summed E-state index contributed by atoms with van der Waals surface area (Å²) >= 11 is 0. The second kappa shape index (κ2) is 7.90. The average molecular weight is 354 g/mol. The Morgan fingerprint density at radius 3 is 2.81 bits per heavy atom. The summed E-state index contributed by atoms with van der Waals surface area (Å²) in [5.74, 6) is 1.24. The van der Waals surface area contributed by atoms with Crippen LogP contribution in [0.3, 0.4) is 0 Å². The van der Waals surface area contributed by atoms with Gasteiger partial charge in [-0.15, -0.1) is 0 Å². The zero-order valence-electron chi connectivity index (χ0n) is 15.6. The van der Waals surface area contributed by atoms with Crippen molar-refractivity contribution in [1.82, 2.24) is 14.7 Å². The quantitative estimate of drug-likeness (QED) is 0.863. The van der Waals surface area contributed by atoms with Gasteiger partial charge in [-0.25, -0.2) is 0 Å². The lowest BCUT2D eigenvalue weighted by atomic mass is 9.92. The average Bonchev–Trinajstić information content (AvgIpc) is 3.28. The maximum atomic E-state index is 9.86. The topological polar surface area (TPSA) is 74.3 Å². The van der Waals surface area contributed by atoms with E-state index in [1.54, 1.807) is 13.2 Å². The van der Waals surface area contributed by atoms with Gasteiger partial charge >= 0.3 is 0 Å². The SMILES string of the molecule is COc1ccc(C#N)cc1CN1C[C@@H](CO)[C@H](c2cnn(C(C)C)c2)C1. The predicted octanol–water partition coefficient (Wildman–Crippen LogP) is 2.55. The highest BCUT2D eigenvalue weighted by Crippen LogP contribution is 2.34. The fourth-order valence-corrected chi connectivity index (χ4v) is 3.69. The normalized spacial score (nSPS) is 20.5. The van der Waals surface area contributed by atoms with Gasteiger partial charge in [-0.3, -0.25) is 9.58 Å². The van der Waals surface area contributed by atoms with Crippen molar-refractivity contribution in [2.75, 3.05) is 26.8 Å². The second-order valence-corrected chi connectivity index (χ2v) is 7.23. The maximum Gasteiger partial charge on any atom is 0.123 e. The van der Waals surface area contributed by atoms with Crippen LogP contribution >= 0.6 is 0 Å². The zero-order valence-corrected chi connectivity index (χ0v) is 15.6. The standard InChI is InChI=1S/C20H26N4O2/c1-14(2)24-11-17(8-22-24)19-12-23(10-18(19)13-25)9-16-6-15(7-21)4-5-20(16)26-3/h4-6,8,11,14,18-19,25H,9-10,12-13H2,1-3H3/t18-,19-/m0/s1. The molecular weight excluding hydrogens is 328 g/mol. The van der Waals surface area contributed by atoms with Gasteiger partial charge in [0, 0.05) is 55.9 Å². The van der Waals surface area contributed by atoms with E-state index in [-0.39, 0.29) is 18.4 Å². The van der Waals surface area contributed by atoms with Gasteiger partial charge in [-0.1, -0.05) is 0 Å². The molecule has 0 aliphatic carbocycles. The van der Waals surface area contributed by atoms with Crippen LogP contribution in [-0.2, 0) is 6.54 Å². The first-order valence-corrected chi connectivity index (χ1v) is 9.00. The monoisotopic (exact) mass is 354 g/mol. The molecule has 1 aliphatic heterocycles. The molecule has 1 aromatic carbocycles. The Morgan fingerprint density at radius 2 is 2.19 bits per heavy atom. The van der Waals surface area contributed by atoms with Crippen LogP contribution in [0.2, 0.25) is 0 Å². The molecule has 0 amide bonds. The van der Waals surface area contributed by atoms with Crippen molar-refractivity contribution in [3.63, 3.8) is 0 Å². The van der Waals surface area contributed by atoms with Gasteiger partial charge in [0.05, 0.1) is 24.9 Å².